The van der Waals surface area contributed by atoms with Gasteiger partial charge in [0.1, 0.15) is 0 Å². The Labute approximate surface area is 139 Å². The lowest BCUT2D eigenvalue weighted by Crippen LogP contribution is -2.36. The fraction of sp³-hybridized carbons (Fsp3) is 0.500. The van der Waals surface area contributed by atoms with Crippen LogP contribution < -0.4 is 0 Å². The molecule has 4 atom stereocenters. The van der Waals surface area contributed by atoms with E-state index >= 15 is 0 Å². The second kappa shape index (κ2) is 5.92. The highest BCUT2D eigenvalue weighted by molar-refractivity contribution is 5.87. The lowest BCUT2D eigenvalue weighted by atomic mass is 10.0. The number of piperidine rings is 1. The van der Waals surface area contributed by atoms with Gasteiger partial charge < -0.3 is 4.90 Å². The zero-order valence-corrected chi connectivity index (χ0v) is 13.8. The molecule has 1 unspecified atom stereocenters. The van der Waals surface area contributed by atoms with Gasteiger partial charge in [-0.15, -0.1) is 0 Å². The number of amides is 1. The molecule has 3 nitrogen and oxygen atoms in total. The van der Waals surface area contributed by atoms with Crippen LogP contribution in [0, 0.1) is 11.8 Å². The average molecular weight is 338 g/mol. The quantitative estimate of drug-likeness (QED) is 0.786. The first-order valence-corrected chi connectivity index (χ1v) is 8.04. The summed E-state index contributed by atoms with van der Waals surface area (Å²) in [5.74, 6) is 0.850. The van der Waals surface area contributed by atoms with Gasteiger partial charge in [-0.1, -0.05) is 18.7 Å². The molecule has 130 valence electrons. The Morgan fingerprint density at radius 3 is 2.29 bits per heavy atom. The lowest BCUT2D eigenvalue weighted by Gasteiger charge is -2.29. The van der Waals surface area contributed by atoms with Gasteiger partial charge in [-0.3, -0.25) is 9.69 Å². The minimum Gasteiger partial charge on any atom is -0.339 e. The van der Waals surface area contributed by atoms with E-state index in [-0.39, 0.29) is 18.0 Å². The number of rotatable bonds is 4. The van der Waals surface area contributed by atoms with Crippen LogP contribution in [0.2, 0.25) is 0 Å². The van der Waals surface area contributed by atoms with Gasteiger partial charge in [-0.25, -0.2) is 0 Å². The van der Waals surface area contributed by atoms with E-state index in [4.69, 9.17) is 0 Å². The van der Waals surface area contributed by atoms with Crippen LogP contribution in [0.1, 0.15) is 24.1 Å². The Morgan fingerprint density at radius 2 is 1.83 bits per heavy atom. The molecule has 1 amide bonds. The van der Waals surface area contributed by atoms with Gasteiger partial charge in [0, 0.05) is 32.2 Å². The summed E-state index contributed by atoms with van der Waals surface area (Å²) in [5, 5.41) is 0. The summed E-state index contributed by atoms with van der Waals surface area (Å²) in [6.07, 6.45) is -2.97. The van der Waals surface area contributed by atoms with E-state index in [1.165, 1.54) is 6.08 Å². The SMILES string of the molecule is C=CC(=O)N(C)[C@H]1[C@@H]2CN(C(C)c3ccc(C(F)(F)F)cc3)C[C@@H]21. The Hall–Kier alpha value is -1.82. The van der Waals surface area contributed by atoms with Crippen LogP contribution in [0.5, 0.6) is 0 Å². The van der Waals surface area contributed by atoms with Crippen molar-refractivity contribution in [1.29, 1.82) is 0 Å². The number of hydrogen-bond donors (Lipinski definition) is 0. The number of benzene rings is 1. The number of carbonyl (C=O) groups excluding carboxylic acids is 1. The van der Waals surface area contributed by atoms with Crippen LogP contribution >= 0.6 is 0 Å². The van der Waals surface area contributed by atoms with Crippen molar-refractivity contribution in [3.63, 3.8) is 0 Å². The highest BCUT2D eigenvalue weighted by atomic mass is 19.4. The molecule has 1 aliphatic carbocycles. The molecule has 3 rings (SSSR count). The number of fused-ring (bicyclic) bond motifs is 1. The van der Waals surface area contributed by atoms with E-state index in [0.717, 1.165) is 30.8 Å². The van der Waals surface area contributed by atoms with Gasteiger partial charge in [0.25, 0.3) is 0 Å². The van der Waals surface area contributed by atoms with Crippen molar-refractivity contribution in [3.05, 3.63) is 48.0 Å². The summed E-state index contributed by atoms with van der Waals surface area (Å²) in [5.41, 5.74) is 0.267. The van der Waals surface area contributed by atoms with Crippen molar-refractivity contribution in [1.82, 2.24) is 9.80 Å². The number of carbonyl (C=O) groups is 1. The van der Waals surface area contributed by atoms with Gasteiger partial charge in [0.05, 0.1) is 5.56 Å². The summed E-state index contributed by atoms with van der Waals surface area (Å²) >= 11 is 0. The van der Waals surface area contributed by atoms with E-state index < -0.39 is 11.7 Å². The van der Waals surface area contributed by atoms with E-state index in [1.807, 2.05) is 6.92 Å². The zero-order valence-electron chi connectivity index (χ0n) is 13.8. The van der Waals surface area contributed by atoms with Gasteiger partial charge in [0.15, 0.2) is 0 Å². The Bertz CT molecular complexity index is 629. The first kappa shape index (κ1) is 17.0. The van der Waals surface area contributed by atoms with Crippen LogP contribution in [-0.4, -0.2) is 41.9 Å². The van der Waals surface area contributed by atoms with E-state index in [0.29, 0.717) is 11.8 Å². The molecule has 0 radical (unpaired) electrons. The summed E-state index contributed by atoms with van der Waals surface area (Å²) < 4.78 is 37.9. The number of likely N-dealkylation sites (N-methyl/N-ethyl adjacent to an activating group) is 1. The van der Waals surface area contributed by atoms with Gasteiger partial charge in [0.2, 0.25) is 5.91 Å². The number of nitrogens with zero attached hydrogens (tertiary/aromatic N) is 2. The molecule has 1 saturated carbocycles. The first-order valence-electron chi connectivity index (χ1n) is 8.04. The largest absolute Gasteiger partial charge is 0.416 e. The molecule has 1 saturated heterocycles. The van der Waals surface area contributed by atoms with Crippen molar-refractivity contribution < 1.29 is 18.0 Å². The van der Waals surface area contributed by atoms with Crippen molar-refractivity contribution >= 4 is 5.91 Å². The van der Waals surface area contributed by atoms with Gasteiger partial charge in [-0.05, 0) is 42.5 Å². The summed E-state index contributed by atoms with van der Waals surface area (Å²) in [6, 6.07) is 5.74. The minimum atomic E-state index is -4.30. The summed E-state index contributed by atoms with van der Waals surface area (Å²) in [7, 11) is 1.80. The van der Waals surface area contributed by atoms with Crippen LogP contribution in [0.15, 0.2) is 36.9 Å². The molecule has 2 aliphatic rings. The maximum atomic E-state index is 12.6. The monoisotopic (exact) mass is 338 g/mol. The normalized spacial score (nSPS) is 27.5. The third-order valence-corrected chi connectivity index (χ3v) is 5.41. The molecule has 1 heterocycles. The molecule has 1 aromatic carbocycles. The third kappa shape index (κ3) is 2.95. The van der Waals surface area contributed by atoms with Gasteiger partial charge in [-0.2, -0.15) is 13.2 Å². The second-order valence-corrected chi connectivity index (χ2v) is 6.72. The van der Waals surface area contributed by atoms with Crippen molar-refractivity contribution in [3.8, 4) is 0 Å². The third-order valence-electron chi connectivity index (χ3n) is 5.41. The fourth-order valence-corrected chi connectivity index (χ4v) is 3.87. The standard InChI is InChI=1S/C18H21F3N2O/c1-4-16(24)22(3)17-14-9-23(10-15(14)17)11(2)12-5-7-13(8-6-12)18(19,20)21/h4-8,11,14-15,17H,1,9-10H2,2-3H3/t11?,14-,15+,17+. The number of halogens is 3. The van der Waals surface area contributed by atoms with Crippen LogP contribution in [0.3, 0.4) is 0 Å². The lowest BCUT2D eigenvalue weighted by molar-refractivity contribution is -0.137. The summed E-state index contributed by atoms with van der Waals surface area (Å²) in [4.78, 5) is 15.7. The van der Waals surface area contributed by atoms with Crippen LogP contribution in [0.25, 0.3) is 0 Å². The molecule has 0 bridgehead atoms. The van der Waals surface area contributed by atoms with E-state index in [2.05, 4.69) is 11.5 Å². The minimum absolute atomic E-state index is 0.0586. The highest BCUT2D eigenvalue weighted by Crippen LogP contribution is 2.50. The van der Waals surface area contributed by atoms with Crippen LogP contribution in [-0.2, 0) is 11.0 Å². The number of likely N-dealkylation sites (tertiary alicyclic amines) is 1. The maximum absolute atomic E-state index is 12.6. The zero-order chi connectivity index (χ0) is 17.6. The predicted molar refractivity (Wildman–Crippen MR) is 85.2 cm³/mol. The fourth-order valence-electron chi connectivity index (χ4n) is 3.87. The van der Waals surface area contributed by atoms with Crippen molar-refractivity contribution in [2.45, 2.75) is 25.2 Å². The maximum Gasteiger partial charge on any atom is 0.416 e. The Morgan fingerprint density at radius 1 is 1.29 bits per heavy atom. The first-order chi connectivity index (χ1) is 11.2. The van der Waals surface area contributed by atoms with Gasteiger partial charge >= 0.3 is 6.18 Å². The topological polar surface area (TPSA) is 23.6 Å². The number of hydrogen-bond acceptors (Lipinski definition) is 2. The molecular formula is C18H21F3N2O. The molecular weight excluding hydrogens is 317 g/mol. The van der Waals surface area contributed by atoms with E-state index in [1.54, 1.807) is 24.1 Å². The van der Waals surface area contributed by atoms with E-state index in [9.17, 15) is 18.0 Å². The smallest absolute Gasteiger partial charge is 0.339 e. The molecule has 0 spiro atoms. The Balaban J connectivity index is 1.60. The molecule has 1 aromatic rings. The highest BCUT2D eigenvalue weighted by Gasteiger charge is 2.58. The molecule has 0 N–H and O–H groups in total. The van der Waals surface area contributed by atoms with Crippen LogP contribution in [0.4, 0.5) is 13.2 Å². The average Bonchev–Trinajstić information content (AvgIpc) is 3.05. The molecule has 1 aliphatic heterocycles. The predicted octanol–water partition coefficient (Wildman–Crippen LogP) is 3.34. The molecule has 0 aromatic heterocycles. The molecule has 2 fully saturated rings. The summed E-state index contributed by atoms with van der Waals surface area (Å²) in [6.45, 7) is 7.26. The van der Waals surface area contributed by atoms with Crippen molar-refractivity contribution in [2.75, 3.05) is 20.1 Å². The van der Waals surface area contributed by atoms with Crippen molar-refractivity contribution in [2.24, 2.45) is 11.8 Å². The molecule has 6 heteroatoms. The molecule has 24 heavy (non-hydrogen) atoms. The second-order valence-electron chi connectivity index (χ2n) is 6.72. The Kier molecular flexibility index (Phi) is 4.20. The number of alkyl halides is 3.